The smallest absolute Gasteiger partial charge is 0.336 e. The van der Waals surface area contributed by atoms with E-state index in [9.17, 15) is 28.9 Å². The summed E-state index contributed by atoms with van der Waals surface area (Å²) in [5.41, 5.74) is -0.981. The Bertz CT molecular complexity index is 1330. The summed E-state index contributed by atoms with van der Waals surface area (Å²) in [5, 5.41) is 13.4. The Kier molecular flexibility index (Phi) is 5.29. The van der Waals surface area contributed by atoms with Crippen LogP contribution in [0.3, 0.4) is 0 Å². The highest BCUT2D eigenvalue weighted by Gasteiger charge is 2.38. The molecule has 1 N–H and O–H groups in total. The van der Waals surface area contributed by atoms with Crippen LogP contribution < -0.4 is 10.2 Å². The number of hydrogen-bond donors (Lipinski definition) is 1. The number of benzene rings is 2. The number of carbonyl (C=O) groups excluding carboxylic acids is 3. The second-order valence-electron chi connectivity index (χ2n) is 6.53. The van der Waals surface area contributed by atoms with Crippen molar-refractivity contribution in [3.05, 3.63) is 86.9 Å². The van der Waals surface area contributed by atoms with E-state index >= 15 is 0 Å². The average molecular weight is 456 g/mol. The van der Waals surface area contributed by atoms with Crippen molar-refractivity contribution < 1.29 is 28.1 Å². The van der Waals surface area contributed by atoms with Crippen LogP contribution in [0.15, 0.2) is 64.6 Å². The lowest BCUT2D eigenvalue weighted by atomic mass is 10.1. The van der Waals surface area contributed by atoms with Crippen molar-refractivity contribution in [2.75, 3.05) is 4.90 Å². The largest absolute Gasteiger partial charge is 0.456 e. The van der Waals surface area contributed by atoms with E-state index in [-0.39, 0.29) is 33.5 Å². The highest BCUT2D eigenvalue weighted by Crippen LogP contribution is 2.34. The molecule has 1 aromatic heterocycles. The molecule has 9 nitrogen and oxygen atoms in total. The molecule has 1 fully saturated rings. The number of barbiturate groups is 1. The molecule has 32 heavy (non-hydrogen) atoms. The minimum Gasteiger partial charge on any atom is -0.456 e. The Labute approximate surface area is 183 Å². The number of nitrogens with zero attached hydrogens (tertiary/aromatic N) is 2. The van der Waals surface area contributed by atoms with E-state index in [1.807, 2.05) is 5.32 Å². The van der Waals surface area contributed by atoms with Crippen molar-refractivity contribution in [1.82, 2.24) is 5.32 Å². The number of nitro benzene ring substituents is 1. The Hall–Kier alpha value is -4.31. The first kappa shape index (κ1) is 20.9. The van der Waals surface area contributed by atoms with E-state index in [2.05, 4.69) is 0 Å². The third-order valence-electron chi connectivity index (χ3n) is 4.53. The number of nitro groups is 1. The summed E-state index contributed by atoms with van der Waals surface area (Å²) in [6, 6.07) is 10.8. The monoisotopic (exact) mass is 455 g/mol. The minimum absolute atomic E-state index is 0.00517. The summed E-state index contributed by atoms with van der Waals surface area (Å²) >= 11 is 5.82. The molecule has 160 valence electrons. The van der Waals surface area contributed by atoms with Gasteiger partial charge in [-0.05, 0) is 42.5 Å². The molecule has 0 saturated carbocycles. The fourth-order valence-electron chi connectivity index (χ4n) is 3.09. The zero-order chi connectivity index (χ0) is 23.0. The molecule has 0 unspecified atom stereocenters. The van der Waals surface area contributed by atoms with Crippen LogP contribution in [0.2, 0.25) is 5.02 Å². The number of imide groups is 2. The number of halogens is 2. The molecular formula is C21H11ClFN3O6. The third kappa shape index (κ3) is 3.74. The molecule has 0 radical (unpaired) electrons. The number of furan rings is 1. The lowest BCUT2D eigenvalue weighted by Gasteiger charge is -2.26. The van der Waals surface area contributed by atoms with Gasteiger partial charge in [-0.15, -0.1) is 0 Å². The van der Waals surface area contributed by atoms with Gasteiger partial charge in [0, 0.05) is 11.1 Å². The van der Waals surface area contributed by atoms with Crippen molar-refractivity contribution in [1.29, 1.82) is 0 Å². The number of amides is 4. The number of urea groups is 1. The molecule has 0 aliphatic carbocycles. The predicted octanol–water partition coefficient (Wildman–Crippen LogP) is 4.31. The van der Waals surface area contributed by atoms with Gasteiger partial charge in [-0.2, -0.15) is 0 Å². The first-order valence-corrected chi connectivity index (χ1v) is 9.34. The van der Waals surface area contributed by atoms with E-state index in [0.717, 1.165) is 18.2 Å². The Morgan fingerprint density at radius 2 is 1.84 bits per heavy atom. The maximum Gasteiger partial charge on any atom is 0.336 e. The van der Waals surface area contributed by atoms with Crippen LogP contribution in [0.5, 0.6) is 0 Å². The number of anilines is 1. The number of rotatable bonds is 4. The number of hydrogen-bond acceptors (Lipinski definition) is 6. The van der Waals surface area contributed by atoms with Crippen LogP contribution in [0, 0.1) is 15.9 Å². The van der Waals surface area contributed by atoms with Gasteiger partial charge in [-0.1, -0.05) is 23.7 Å². The molecule has 4 amide bonds. The fraction of sp³-hybridized carbons (Fsp3) is 0. The molecule has 0 spiro atoms. The van der Waals surface area contributed by atoms with E-state index in [0.29, 0.717) is 4.90 Å². The SMILES string of the molecule is O=C1NC(=O)N(c2ccccc2F)C(=O)/C1=C\c1ccc(-c2ccc(Cl)cc2[N+](=O)[O-])o1. The Morgan fingerprint density at radius 3 is 2.56 bits per heavy atom. The van der Waals surface area contributed by atoms with Gasteiger partial charge in [0.1, 0.15) is 22.9 Å². The van der Waals surface area contributed by atoms with Crippen molar-refractivity contribution in [3.63, 3.8) is 0 Å². The molecule has 3 aromatic rings. The molecule has 11 heteroatoms. The van der Waals surface area contributed by atoms with Crippen molar-refractivity contribution >= 4 is 46.9 Å². The summed E-state index contributed by atoms with van der Waals surface area (Å²) < 4.78 is 19.7. The van der Waals surface area contributed by atoms with Gasteiger partial charge in [0.05, 0.1) is 16.2 Å². The van der Waals surface area contributed by atoms with Crippen molar-refractivity contribution in [3.8, 4) is 11.3 Å². The molecule has 2 aromatic carbocycles. The average Bonchev–Trinajstić information content (AvgIpc) is 3.20. The lowest BCUT2D eigenvalue weighted by molar-refractivity contribution is -0.384. The van der Waals surface area contributed by atoms with Gasteiger partial charge in [-0.25, -0.2) is 14.1 Å². The minimum atomic E-state index is -1.10. The lowest BCUT2D eigenvalue weighted by Crippen LogP contribution is -2.54. The molecule has 2 heterocycles. The van der Waals surface area contributed by atoms with E-state index < -0.39 is 34.2 Å². The highest BCUT2D eigenvalue weighted by molar-refractivity contribution is 6.39. The van der Waals surface area contributed by atoms with E-state index in [1.54, 1.807) is 0 Å². The normalized spacial score (nSPS) is 15.2. The summed E-state index contributed by atoms with van der Waals surface area (Å²) in [6.45, 7) is 0. The Balaban J connectivity index is 1.72. The topological polar surface area (TPSA) is 123 Å². The third-order valence-corrected chi connectivity index (χ3v) is 4.77. The first-order valence-electron chi connectivity index (χ1n) is 8.96. The maximum atomic E-state index is 14.1. The van der Waals surface area contributed by atoms with Crippen LogP contribution in [-0.4, -0.2) is 22.8 Å². The van der Waals surface area contributed by atoms with Crippen LogP contribution >= 0.6 is 11.6 Å². The number of para-hydroxylation sites is 1. The second kappa shape index (κ2) is 8.08. The van der Waals surface area contributed by atoms with Crippen molar-refractivity contribution in [2.24, 2.45) is 0 Å². The molecule has 0 atom stereocenters. The standard InChI is InChI=1S/C21H11ClFN3O6/c22-11-5-7-13(17(9-11)26(30)31)18-8-6-12(32-18)10-14-19(27)24-21(29)25(20(14)28)16-4-2-1-3-15(16)23/h1-10H,(H,24,27,29)/b14-10-. The van der Waals surface area contributed by atoms with Crippen LogP contribution in [0.1, 0.15) is 5.76 Å². The molecule has 4 rings (SSSR count). The molecular weight excluding hydrogens is 445 g/mol. The molecule has 0 bridgehead atoms. The van der Waals surface area contributed by atoms with Gasteiger partial charge in [-0.3, -0.25) is 25.0 Å². The maximum absolute atomic E-state index is 14.1. The van der Waals surface area contributed by atoms with Crippen LogP contribution in [0.4, 0.5) is 20.6 Å². The quantitative estimate of drug-likeness (QED) is 0.270. The van der Waals surface area contributed by atoms with Crippen LogP contribution in [-0.2, 0) is 9.59 Å². The van der Waals surface area contributed by atoms with Gasteiger partial charge < -0.3 is 4.42 Å². The summed E-state index contributed by atoms with van der Waals surface area (Å²) in [5.74, 6) is -2.79. The van der Waals surface area contributed by atoms with Crippen molar-refractivity contribution in [2.45, 2.75) is 0 Å². The zero-order valence-corrected chi connectivity index (χ0v) is 16.6. The first-order chi connectivity index (χ1) is 15.3. The Morgan fingerprint density at radius 1 is 1.09 bits per heavy atom. The van der Waals surface area contributed by atoms with Gasteiger partial charge in [0.15, 0.2) is 0 Å². The number of nitrogens with one attached hydrogen (secondary N) is 1. The summed E-state index contributed by atoms with van der Waals surface area (Å²) in [4.78, 5) is 48.4. The van der Waals surface area contributed by atoms with Gasteiger partial charge >= 0.3 is 6.03 Å². The zero-order valence-electron chi connectivity index (χ0n) is 15.9. The summed E-state index contributed by atoms with van der Waals surface area (Å²) in [6.07, 6.45) is 1.06. The highest BCUT2D eigenvalue weighted by atomic mass is 35.5. The van der Waals surface area contributed by atoms with E-state index in [4.69, 9.17) is 16.0 Å². The number of carbonyl (C=O) groups is 3. The molecule has 1 saturated heterocycles. The van der Waals surface area contributed by atoms with Gasteiger partial charge in [0.2, 0.25) is 0 Å². The summed E-state index contributed by atoms with van der Waals surface area (Å²) in [7, 11) is 0. The molecule has 1 aliphatic heterocycles. The predicted molar refractivity (Wildman–Crippen MR) is 111 cm³/mol. The fourth-order valence-corrected chi connectivity index (χ4v) is 3.26. The second-order valence-corrected chi connectivity index (χ2v) is 6.97. The van der Waals surface area contributed by atoms with Crippen LogP contribution in [0.25, 0.3) is 17.4 Å². The molecule has 1 aliphatic rings. The van der Waals surface area contributed by atoms with E-state index in [1.165, 1.54) is 42.5 Å². The van der Waals surface area contributed by atoms with Gasteiger partial charge in [0.25, 0.3) is 17.5 Å².